The number of rotatable bonds is 6. The molecule has 0 saturated heterocycles. The Balaban J connectivity index is 4.61. The molecule has 0 bridgehead atoms. The van der Waals surface area contributed by atoms with Crippen LogP contribution in [0.1, 0.15) is 0 Å². The Hall–Kier alpha value is 0.571. The van der Waals surface area contributed by atoms with Crippen LogP contribution in [-0.4, -0.2) is 53.6 Å². The molecule has 104 valence electrons. The smallest absolute Gasteiger partial charge is 0.118 e. The van der Waals surface area contributed by atoms with Gasteiger partial charge in [-0.3, -0.25) is 0 Å². The molecule has 0 N–H and O–H groups in total. The van der Waals surface area contributed by atoms with E-state index in [0.717, 1.165) is 0 Å². The van der Waals surface area contributed by atoms with Crippen molar-refractivity contribution in [2.45, 2.75) is 58.9 Å². The highest BCUT2D eigenvalue weighted by molar-refractivity contribution is 6.89. The Kier molecular flexibility index (Phi) is 5.88. The third-order valence-corrected chi connectivity index (χ3v) is 13.6. The van der Waals surface area contributed by atoms with Crippen molar-refractivity contribution < 1.29 is 0 Å². The van der Waals surface area contributed by atoms with Crippen LogP contribution in [0, 0.1) is 0 Å². The number of nitrogens with zero attached hydrogens (tertiary/aromatic N) is 2. The Labute approximate surface area is 113 Å². The van der Waals surface area contributed by atoms with E-state index in [4.69, 9.17) is 0 Å². The first-order valence-corrected chi connectivity index (χ1v) is 17.1. The molecule has 0 amide bonds. The first kappa shape index (κ1) is 17.6. The summed E-state index contributed by atoms with van der Waals surface area (Å²) in [5.41, 5.74) is 0. The molecule has 0 heterocycles. The fraction of sp³-hybridized carbons (Fsp3) is 1.00. The van der Waals surface area contributed by atoms with Gasteiger partial charge in [0.15, 0.2) is 0 Å². The maximum absolute atomic E-state index is 2.89. The highest BCUT2D eigenvalue weighted by Crippen LogP contribution is 2.19. The van der Waals surface area contributed by atoms with Crippen LogP contribution in [0.3, 0.4) is 0 Å². The second-order valence-electron chi connectivity index (χ2n) is 8.09. The van der Waals surface area contributed by atoms with Crippen molar-refractivity contribution in [1.29, 1.82) is 0 Å². The maximum atomic E-state index is 2.89. The van der Waals surface area contributed by atoms with E-state index in [1.807, 2.05) is 0 Å². The first-order chi connectivity index (χ1) is 7.26. The molecule has 0 atom stereocenters. The molecule has 0 saturated carbocycles. The van der Waals surface area contributed by atoms with Gasteiger partial charge in [-0.25, -0.2) is 0 Å². The van der Waals surface area contributed by atoms with Crippen LogP contribution >= 0.6 is 0 Å². The van der Waals surface area contributed by atoms with Crippen LogP contribution in [0.2, 0.25) is 58.9 Å². The summed E-state index contributed by atoms with van der Waals surface area (Å²) in [7, 11) is -1.13. The second kappa shape index (κ2) is 5.69. The molecule has 17 heavy (non-hydrogen) atoms. The molecule has 0 aliphatic carbocycles. The van der Waals surface area contributed by atoms with E-state index < -0.39 is 24.7 Å². The molecule has 0 rings (SSSR count). The van der Waals surface area contributed by atoms with Crippen LogP contribution in [0.5, 0.6) is 0 Å². The molecule has 0 fully saturated rings. The van der Waals surface area contributed by atoms with Crippen molar-refractivity contribution in [3.05, 3.63) is 0 Å². The second-order valence-corrected chi connectivity index (χ2v) is 23.4. The van der Waals surface area contributed by atoms with Gasteiger partial charge in [-0.05, 0) is 13.6 Å². The van der Waals surface area contributed by atoms with Crippen LogP contribution in [0.15, 0.2) is 0 Å². The van der Waals surface area contributed by atoms with Gasteiger partial charge in [-0.2, -0.15) is 0 Å². The van der Waals surface area contributed by atoms with Gasteiger partial charge in [0.05, 0.1) is 0 Å². The van der Waals surface area contributed by atoms with Gasteiger partial charge in [0, 0.05) is 6.54 Å². The lowest BCUT2D eigenvalue weighted by Gasteiger charge is -2.45. The van der Waals surface area contributed by atoms with E-state index in [0.29, 0.717) is 0 Å². The maximum Gasteiger partial charge on any atom is 0.118 e. The van der Waals surface area contributed by atoms with E-state index >= 15 is 0 Å². The van der Waals surface area contributed by atoms with Gasteiger partial charge in [0.1, 0.15) is 24.7 Å². The Bertz CT molecular complexity index is 222. The topological polar surface area (TPSA) is 6.48 Å². The quantitative estimate of drug-likeness (QED) is 0.688. The average Bonchev–Trinajstić information content (AvgIpc) is 1.96. The van der Waals surface area contributed by atoms with E-state index in [-0.39, 0.29) is 0 Å². The molecule has 0 unspecified atom stereocenters. The lowest BCUT2D eigenvalue weighted by Crippen LogP contribution is -2.61. The summed E-state index contributed by atoms with van der Waals surface area (Å²) in [5, 5.41) is 0. The summed E-state index contributed by atoms with van der Waals surface area (Å²) in [6, 6.07) is 0. The van der Waals surface area contributed by atoms with Crippen LogP contribution in [-0.2, 0) is 0 Å². The van der Waals surface area contributed by atoms with Gasteiger partial charge in [-0.15, -0.1) is 0 Å². The van der Waals surface area contributed by atoms with Crippen molar-refractivity contribution in [3.8, 4) is 0 Å². The fourth-order valence-corrected chi connectivity index (χ4v) is 12.6. The van der Waals surface area contributed by atoms with E-state index in [9.17, 15) is 0 Å². The zero-order valence-corrected chi connectivity index (χ0v) is 16.8. The third-order valence-electron chi connectivity index (χ3n) is 3.42. The molecule has 0 aliphatic rings. The minimum atomic E-state index is -1.16. The Morgan fingerprint density at radius 2 is 0.941 bits per heavy atom. The van der Waals surface area contributed by atoms with E-state index in [1.54, 1.807) is 0 Å². The summed E-state index contributed by atoms with van der Waals surface area (Å²) in [5.74, 6) is 0. The summed E-state index contributed by atoms with van der Waals surface area (Å²) >= 11 is 0. The number of likely N-dealkylation sites (N-methyl/N-ethyl adjacent to an activating group) is 1. The molecule has 0 aromatic carbocycles. The van der Waals surface area contributed by atoms with Gasteiger partial charge in [-0.1, -0.05) is 58.9 Å². The fourth-order valence-electron chi connectivity index (χ4n) is 2.26. The molecule has 0 aliphatic heterocycles. The largest absolute Gasteiger partial charge is 0.345 e. The minimum Gasteiger partial charge on any atom is -0.345 e. The SMILES string of the molecule is CN(CCN([Si](C)(C)C)[Si](C)(C)C)[Si](C)(C)C. The van der Waals surface area contributed by atoms with E-state index in [2.05, 4.69) is 74.8 Å². The van der Waals surface area contributed by atoms with Gasteiger partial charge in [0.25, 0.3) is 0 Å². The molecule has 0 aromatic rings. The summed E-state index contributed by atoms with van der Waals surface area (Å²) in [6.45, 7) is 24.7. The first-order valence-electron chi connectivity index (χ1n) is 6.75. The number of hydrogen-bond acceptors (Lipinski definition) is 2. The Morgan fingerprint density at radius 1 is 0.588 bits per heavy atom. The van der Waals surface area contributed by atoms with Crippen molar-refractivity contribution in [1.82, 2.24) is 8.80 Å². The van der Waals surface area contributed by atoms with Crippen molar-refractivity contribution in [2.75, 3.05) is 20.1 Å². The molecular formula is C12H34N2Si3. The summed E-state index contributed by atoms with van der Waals surface area (Å²) in [6.07, 6.45) is 0. The van der Waals surface area contributed by atoms with Gasteiger partial charge >= 0.3 is 0 Å². The molecule has 5 heteroatoms. The van der Waals surface area contributed by atoms with E-state index in [1.165, 1.54) is 13.1 Å². The predicted octanol–water partition coefficient (Wildman–Crippen LogP) is 3.72. The predicted molar refractivity (Wildman–Crippen MR) is 89.4 cm³/mol. The van der Waals surface area contributed by atoms with Crippen molar-refractivity contribution >= 4 is 24.7 Å². The molecular weight excluding hydrogens is 256 g/mol. The summed E-state index contributed by atoms with van der Waals surface area (Å²) in [4.78, 5) is 0. The van der Waals surface area contributed by atoms with Crippen LogP contribution < -0.4 is 0 Å². The zero-order valence-electron chi connectivity index (χ0n) is 13.8. The molecule has 0 aromatic heterocycles. The third kappa shape index (κ3) is 6.33. The van der Waals surface area contributed by atoms with Gasteiger partial charge < -0.3 is 8.80 Å². The standard InChI is InChI=1S/C12H34N2Si3/c1-13(15(2,3)4)11-12-14(16(5,6)7)17(8,9)10/h11-12H2,1-10H3. The highest BCUT2D eigenvalue weighted by Gasteiger charge is 2.34. The average molecular weight is 291 g/mol. The van der Waals surface area contributed by atoms with Gasteiger partial charge in [0.2, 0.25) is 0 Å². The van der Waals surface area contributed by atoms with Crippen molar-refractivity contribution in [3.63, 3.8) is 0 Å². The summed E-state index contributed by atoms with van der Waals surface area (Å²) < 4.78 is 5.50. The Morgan fingerprint density at radius 3 is 1.18 bits per heavy atom. The lowest BCUT2D eigenvalue weighted by atomic mass is 10.7. The highest BCUT2D eigenvalue weighted by atomic mass is 28.4. The monoisotopic (exact) mass is 290 g/mol. The lowest BCUT2D eigenvalue weighted by molar-refractivity contribution is 0.456. The number of hydrogen-bond donors (Lipinski definition) is 0. The zero-order chi connectivity index (χ0) is 14.1. The normalized spacial score (nSPS) is 14.8. The molecule has 0 spiro atoms. The minimum absolute atomic E-state index is 1.11. The van der Waals surface area contributed by atoms with Crippen molar-refractivity contribution in [2.24, 2.45) is 0 Å². The molecule has 0 radical (unpaired) electrons. The molecule has 2 nitrogen and oxygen atoms in total. The van der Waals surface area contributed by atoms with Crippen LogP contribution in [0.4, 0.5) is 0 Å². The van der Waals surface area contributed by atoms with Crippen LogP contribution in [0.25, 0.3) is 0 Å².